The van der Waals surface area contributed by atoms with Crippen molar-refractivity contribution in [1.29, 1.82) is 0 Å². The Morgan fingerprint density at radius 2 is 1.86 bits per heavy atom. The second-order valence-corrected chi connectivity index (χ2v) is 8.00. The monoisotopic (exact) mass is 414 g/mol. The zero-order valence-electron chi connectivity index (χ0n) is 15.2. The van der Waals surface area contributed by atoms with Crippen molar-refractivity contribution in [2.45, 2.75) is 20.4 Å². The molecule has 0 radical (unpaired) electrons. The van der Waals surface area contributed by atoms with Gasteiger partial charge in [0.25, 0.3) is 5.56 Å². The van der Waals surface area contributed by atoms with E-state index in [2.05, 4.69) is 0 Å². The van der Waals surface area contributed by atoms with Crippen LogP contribution in [-0.4, -0.2) is 9.13 Å². The number of thiophene rings is 1. The number of rotatable bonds is 3. The van der Waals surface area contributed by atoms with Gasteiger partial charge in [-0.2, -0.15) is 0 Å². The third kappa shape index (κ3) is 3.08. The van der Waals surface area contributed by atoms with Crippen molar-refractivity contribution >= 4 is 33.2 Å². The van der Waals surface area contributed by atoms with Gasteiger partial charge in [-0.1, -0.05) is 35.4 Å². The van der Waals surface area contributed by atoms with Gasteiger partial charge in [-0.05, 0) is 54.6 Å². The van der Waals surface area contributed by atoms with Crippen molar-refractivity contribution in [3.05, 3.63) is 96.2 Å². The Labute approximate surface area is 169 Å². The quantitative estimate of drug-likeness (QED) is 0.489. The van der Waals surface area contributed by atoms with Crippen LogP contribution in [0.1, 0.15) is 16.7 Å². The van der Waals surface area contributed by atoms with Crippen LogP contribution >= 0.6 is 22.9 Å². The van der Waals surface area contributed by atoms with Crippen LogP contribution in [0.2, 0.25) is 5.02 Å². The standard InChI is InChI=1S/C21H16ClFN2O2S/c1-12-3-4-13(2)14(9-12)11-24-18-7-8-28-19(18)20(26)25(21(24)27)15-5-6-17(23)16(22)10-15/h3-10H,11H2,1-2H3. The van der Waals surface area contributed by atoms with E-state index < -0.39 is 17.1 Å². The summed E-state index contributed by atoms with van der Waals surface area (Å²) in [5.41, 5.74) is 3.06. The lowest BCUT2D eigenvalue weighted by Crippen LogP contribution is -2.38. The van der Waals surface area contributed by atoms with Gasteiger partial charge in [0.15, 0.2) is 0 Å². The summed E-state index contributed by atoms with van der Waals surface area (Å²) in [6.07, 6.45) is 0. The van der Waals surface area contributed by atoms with Gasteiger partial charge in [0.05, 0.1) is 22.8 Å². The van der Waals surface area contributed by atoms with Crippen molar-refractivity contribution in [3.63, 3.8) is 0 Å². The third-order valence-corrected chi connectivity index (χ3v) is 5.93. The molecule has 0 atom stereocenters. The summed E-state index contributed by atoms with van der Waals surface area (Å²) in [5, 5.41) is 1.64. The smallest absolute Gasteiger partial charge is 0.288 e. The Morgan fingerprint density at radius 1 is 1.07 bits per heavy atom. The molecule has 142 valence electrons. The average molecular weight is 415 g/mol. The Balaban J connectivity index is 2.00. The molecule has 0 saturated heterocycles. The summed E-state index contributed by atoms with van der Waals surface area (Å²) < 4.78 is 16.7. The van der Waals surface area contributed by atoms with E-state index in [0.29, 0.717) is 16.8 Å². The van der Waals surface area contributed by atoms with E-state index in [1.165, 1.54) is 23.5 Å². The molecule has 4 rings (SSSR count). The number of aromatic nitrogens is 2. The predicted octanol–water partition coefficient (Wildman–Crippen LogP) is 4.67. The van der Waals surface area contributed by atoms with Crippen molar-refractivity contribution in [3.8, 4) is 5.69 Å². The molecule has 2 aromatic heterocycles. The van der Waals surface area contributed by atoms with Gasteiger partial charge in [-0.3, -0.25) is 9.36 Å². The van der Waals surface area contributed by atoms with Crippen molar-refractivity contribution in [1.82, 2.24) is 9.13 Å². The van der Waals surface area contributed by atoms with Crippen LogP contribution in [0.5, 0.6) is 0 Å². The van der Waals surface area contributed by atoms with Crippen LogP contribution in [0.3, 0.4) is 0 Å². The molecule has 0 aliphatic carbocycles. The third-order valence-electron chi connectivity index (χ3n) is 4.75. The first-order chi connectivity index (χ1) is 13.4. The number of fused-ring (bicyclic) bond motifs is 1. The molecule has 0 spiro atoms. The predicted molar refractivity (Wildman–Crippen MR) is 112 cm³/mol. The molecule has 0 N–H and O–H groups in total. The first-order valence-corrected chi connectivity index (χ1v) is 9.87. The van der Waals surface area contributed by atoms with Crippen LogP contribution in [0.15, 0.2) is 57.4 Å². The molecule has 2 heterocycles. The molecule has 0 aliphatic rings. The van der Waals surface area contributed by atoms with Gasteiger partial charge in [-0.15, -0.1) is 11.3 Å². The Kier molecular flexibility index (Phi) is 4.69. The van der Waals surface area contributed by atoms with E-state index >= 15 is 0 Å². The molecule has 0 aliphatic heterocycles. The SMILES string of the molecule is Cc1ccc(C)c(Cn2c(=O)n(-c3ccc(F)c(Cl)c3)c(=O)c3sccc32)c1. The second kappa shape index (κ2) is 7.04. The van der Waals surface area contributed by atoms with Crippen molar-refractivity contribution in [2.24, 2.45) is 0 Å². The molecule has 0 saturated carbocycles. The van der Waals surface area contributed by atoms with E-state index in [0.717, 1.165) is 27.3 Å². The highest BCUT2D eigenvalue weighted by atomic mass is 35.5. The lowest BCUT2D eigenvalue weighted by atomic mass is 10.1. The summed E-state index contributed by atoms with van der Waals surface area (Å²) in [6, 6.07) is 11.7. The number of benzene rings is 2. The van der Waals surface area contributed by atoms with Gasteiger partial charge < -0.3 is 0 Å². The molecule has 4 aromatic rings. The second-order valence-electron chi connectivity index (χ2n) is 6.67. The molecule has 0 unspecified atom stereocenters. The van der Waals surface area contributed by atoms with E-state index in [1.807, 2.05) is 32.0 Å². The van der Waals surface area contributed by atoms with Gasteiger partial charge in [0.2, 0.25) is 0 Å². The Hall–Kier alpha value is -2.70. The van der Waals surface area contributed by atoms with E-state index in [1.54, 1.807) is 16.0 Å². The number of hydrogen-bond donors (Lipinski definition) is 0. The molecular weight excluding hydrogens is 399 g/mol. The molecule has 4 nitrogen and oxygen atoms in total. The first kappa shape index (κ1) is 18.7. The highest BCUT2D eigenvalue weighted by Crippen LogP contribution is 2.21. The number of aryl methyl sites for hydroxylation is 2. The van der Waals surface area contributed by atoms with E-state index in [-0.39, 0.29) is 10.7 Å². The van der Waals surface area contributed by atoms with Crippen molar-refractivity contribution in [2.75, 3.05) is 0 Å². The summed E-state index contributed by atoms with van der Waals surface area (Å²) in [6.45, 7) is 4.31. The first-order valence-electron chi connectivity index (χ1n) is 8.61. The number of nitrogens with zero attached hydrogens (tertiary/aromatic N) is 2. The van der Waals surface area contributed by atoms with Gasteiger partial charge >= 0.3 is 5.69 Å². The van der Waals surface area contributed by atoms with Gasteiger partial charge in [0, 0.05) is 0 Å². The van der Waals surface area contributed by atoms with Crippen LogP contribution in [-0.2, 0) is 6.54 Å². The molecule has 28 heavy (non-hydrogen) atoms. The number of hydrogen-bond acceptors (Lipinski definition) is 3. The number of halogens is 2. The molecule has 0 amide bonds. The van der Waals surface area contributed by atoms with Crippen LogP contribution < -0.4 is 11.2 Å². The average Bonchev–Trinajstić information content (AvgIpc) is 3.14. The zero-order valence-corrected chi connectivity index (χ0v) is 16.8. The molecule has 0 fully saturated rings. The fraction of sp³-hybridized carbons (Fsp3) is 0.143. The lowest BCUT2D eigenvalue weighted by molar-refractivity contribution is 0.627. The molecule has 7 heteroatoms. The minimum Gasteiger partial charge on any atom is -0.288 e. The largest absolute Gasteiger partial charge is 0.336 e. The maximum absolute atomic E-state index is 13.6. The van der Waals surface area contributed by atoms with Crippen LogP contribution in [0, 0.1) is 19.7 Å². The summed E-state index contributed by atoms with van der Waals surface area (Å²) >= 11 is 7.15. The maximum atomic E-state index is 13.6. The van der Waals surface area contributed by atoms with Crippen LogP contribution in [0.25, 0.3) is 15.9 Å². The van der Waals surface area contributed by atoms with Crippen LogP contribution in [0.4, 0.5) is 4.39 Å². The fourth-order valence-electron chi connectivity index (χ4n) is 3.23. The maximum Gasteiger partial charge on any atom is 0.336 e. The van der Waals surface area contributed by atoms with E-state index in [4.69, 9.17) is 11.6 Å². The summed E-state index contributed by atoms with van der Waals surface area (Å²) in [7, 11) is 0. The fourth-order valence-corrected chi connectivity index (χ4v) is 4.23. The zero-order chi connectivity index (χ0) is 20.0. The Bertz CT molecular complexity index is 1340. The minimum absolute atomic E-state index is 0.142. The van der Waals surface area contributed by atoms with Crippen molar-refractivity contribution < 1.29 is 4.39 Å². The minimum atomic E-state index is -0.605. The molecule has 2 aromatic carbocycles. The highest BCUT2D eigenvalue weighted by Gasteiger charge is 2.17. The van der Waals surface area contributed by atoms with E-state index in [9.17, 15) is 14.0 Å². The molecule has 0 bridgehead atoms. The Morgan fingerprint density at radius 3 is 2.61 bits per heavy atom. The normalized spacial score (nSPS) is 11.3. The summed E-state index contributed by atoms with van der Waals surface area (Å²) in [4.78, 5) is 26.2. The lowest BCUT2D eigenvalue weighted by Gasteiger charge is -2.14. The molecular formula is C21H16ClFN2O2S. The van der Waals surface area contributed by atoms with Gasteiger partial charge in [-0.25, -0.2) is 13.8 Å². The van der Waals surface area contributed by atoms with Gasteiger partial charge in [0.1, 0.15) is 10.5 Å². The summed E-state index contributed by atoms with van der Waals surface area (Å²) in [5.74, 6) is -0.605. The highest BCUT2D eigenvalue weighted by molar-refractivity contribution is 7.17. The topological polar surface area (TPSA) is 44.0 Å².